The van der Waals surface area contributed by atoms with Crippen molar-refractivity contribution >= 4 is 0 Å². The molecule has 0 radical (unpaired) electrons. The Labute approximate surface area is 53.1 Å². The number of nitrogens with one attached hydrogen (secondary N) is 1. The van der Waals surface area contributed by atoms with Crippen molar-refractivity contribution in [2.24, 2.45) is 0 Å². The van der Waals surface area contributed by atoms with Gasteiger partial charge < -0.3 is 20.6 Å². The second kappa shape index (κ2) is 2.62. The van der Waals surface area contributed by atoms with Crippen molar-refractivity contribution in [1.82, 2.24) is 5.32 Å². The van der Waals surface area contributed by atoms with Crippen LogP contribution < -0.4 is 5.32 Å². The highest BCUT2D eigenvalue weighted by atomic mass is 16.3. The van der Waals surface area contributed by atoms with Gasteiger partial charge in [-0.3, -0.25) is 0 Å². The van der Waals surface area contributed by atoms with Crippen molar-refractivity contribution in [3.63, 3.8) is 0 Å². The zero-order valence-corrected chi connectivity index (χ0v) is 4.99. The van der Waals surface area contributed by atoms with E-state index < -0.39 is 12.2 Å². The third kappa shape index (κ3) is 1.21. The van der Waals surface area contributed by atoms with Gasteiger partial charge in [0.25, 0.3) is 0 Å². The van der Waals surface area contributed by atoms with E-state index in [1.54, 1.807) is 0 Å². The largest absolute Gasteiger partial charge is 0.395 e. The molecule has 1 unspecified atom stereocenters. The lowest BCUT2D eigenvalue weighted by Crippen LogP contribution is -2.35. The van der Waals surface area contributed by atoms with Crippen molar-refractivity contribution in [3.05, 3.63) is 0 Å². The Morgan fingerprint density at radius 3 is 2.33 bits per heavy atom. The van der Waals surface area contributed by atoms with Crippen molar-refractivity contribution in [2.45, 2.75) is 18.2 Å². The van der Waals surface area contributed by atoms with Crippen LogP contribution in [0.1, 0.15) is 0 Å². The van der Waals surface area contributed by atoms with Crippen LogP contribution in [-0.2, 0) is 0 Å². The molecule has 4 heteroatoms. The summed E-state index contributed by atoms with van der Waals surface area (Å²) in [4.78, 5) is 0. The molecule has 1 aliphatic heterocycles. The van der Waals surface area contributed by atoms with E-state index in [9.17, 15) is 0 Å². The molecule has 0 aliphatic carbocycles. The van der Waals surface area contributed by atoms with Gasteiger partial charge in [-0.2, -0.15) is 0 Å². The molecule has 9 heavy (non-hydrogen) atoms. The number of β-amino-alcohol motifs (C(OH)–C–C–N with tert-alkyl or cyclic N) is 1. The normalized spacial score (nSPS) is 43.7. The maximum absolute atomic E-state index is 8.98. The van der Waals surface area contributed by atoms with Gasteiger partial charge in [-0.1, -0.05) is 0 Å². The lowest BCUT2D eigenvalue weighted by atomic mass is 10.1. The first-order chi connectivity index (χ1) is 4.25. The summed E-state index contributed by atoms with van der Waals surface area (Å²) in [5, 5.41) is 29.1. The molecule has 0 spiro atoms. The second-order valence-electron chi connectivity index (χ2n) is 2.26. The first-order valence-electron chi connectivity index (χ1n) is 2.96. The standard InChI is InChI=1S/C5H11NO3/c7-2-3-5(9)4(8)1-6-3/h3-9H,1-2H2/t3?,4-,5+/m0/s1. The maximum Gasteiger partial charge on any atom is 0.0986 e. The average Bonchev–Trinajstić information content (AvgIpc) is 2.15. The molecule has 0 bridgehead atoms. The maximum atomic E-state index is 8.98. The first-order valence-corrected chi connectivity index (χ1v) is 2.96. The lowest BCUT2D eigenvalue weighted by Gasteiger charge is -2.11. The summed E-state index contributed by atoms with van der Waals surface area (Å²) in [6.45, 7) is 0.241. The zero-order chi connectivity index (χ0) is 6.85. The number of rotatable bonds is 1. The van der Waals surface area contributed by atoms with E-state index in [0.717, 1.165) is 0 Å². The van der Waals surface area contributed by atoms with Gasteiger partial charge in [0, 0.05) is 6.54 Å². The van der Waals surface area contributed by atoms with E-state index >= 15 is 0 Å². The minimum Gasteiger partial charge on any atom is -0.395 e. The Balaban J connectivity index is 2.41. The fourth-order valence-electron chi connectivity index (χ4n) is 0.954. The van der Waals surface area contributed by atoms with Gasteiger partial charge >= 0.3 is 0 Å². The molecule has 1 aliphatic rings. The quantitative estimate of drug-likeness (QED) is 0.324. The fraction of sp³-hybridized carbons (Fsp3) is 1.00. The minimum atomic E-state index is -0.810. The molecule has 0 aromatic carbocycles. The highest BCUT2D eigenvalue weighted by Gasteiger charge is 2.31. The molecule has 1 fully saturated rings. The molecule has 1 heterocycles. The van der Waals surface area contributed by atoms with Crippen LogP contribution in [0.25, 0.3) is 0 Å². The second-order valence-corrected chi connectivity index (χ2v) is 2.26. The summed E-state index contributed by atoms with van der Waals surface area (Å²) in [6.07, 6.45) is -1.53. The molecule has 4 nitrogen and oxygen atoms in total. The summed E-state index contributed by atoms with van der Waals surface area (Å²) in [7, 11) is 0. The van der Waals surface area contributed by atoms with E-state index in [-0.39, 0.29) is 12.6 Å². The van der Waals surface area contributed by atoms with Crippen LogP contribution >= 0.6 is 0 Å². The van der Waals surface area contributed by atoms with Crippen molar-refractivity contribution in [2.75, 3.05) is 13.2 Å². The minimum absolute atomic E-state index is 0.127. The molecule has 0 saturated carbocycles. The van der Waals surface area contributed by atoms with Crippen LogP contribution in [0.3, 0.4) is 0 Å². The van der Waals surface area contributed by atoms with Crippen LogP contribution in [0.4, 0.5) is 0 Å². The van der Waals surface area contributed by atoms with Crippen molar-refractivity contribution < 1.29 is 15.3 Å². The Bertz CT molecular complexity index is 98.2. The van der Waals surface area contributed by atoms with Crippen molar-refractivity contribution in [3.8, 4) is 0 Å². The first kappa shape index (κ1) is 6.95. The highest BCUT2D eigenvalue weighted by molar-refractivity contribution is 4.89. The summed E-state index contributed by atoms with van der Waals surface area (Å²) in [5.74, 6) is 0. The molecule has 4 N–H and O–H groups in total. The van der Waals surface area contributed by atoms with Crippen LogP contribution in [-0.4, -0.2) is 46.7 Å². The zero-order valence-electron chi connectivity index (χ0n) is 4.99. The predicted octanol–water partition coefficient (Wildman–Crippen LogP) is -2.33. The number of aliphatic hydroxyl groups excluding tert-OH is 3. The summed E-state index contributed by atoms with van der Waals surface area (Å²) < 4.78 is 0. The van der Waals surface area contributed by atoms with E-state index in [4.69, 9.17) is 15.3 Å². The Kier molecular flexibility index (Phi) is 2.02. The topological polar surface area (TPSA) is 72.7 Å². The van der Waals surface area contributed by atoms with Crippen LogP contribution in [0.2, 0.25) is 0 Å². The fourth-order valence-corrected chi connectivity index (χ4v) is 0.954. The van der Waals surface area contributed by atoms with Crippen LogP contribution in [0, 0.1) is 0 Å². The molecule has 54 valence electrons. The lowest BCUT2D eigenvalue weighted by molar-refractivity contribution is 0.0295. The monoisotopic (exact) mass is 133 g/mol. The molecule has 0 amide bonds. The van der Waals surface area contributed by atoms with E-state index in [1.165, 1.54) is 0 Å². The van der Waals surface area contributed by atoms with Crippen LogP contribution in [0.5, 0.6) is 0 Å². The molecule has 0 aromatic heterocycles. The van der Waals surface area contributed by atoms with Gasteiger partial charge in [-0.25, -0.2) is 0 Å². The number of hydrogen-bond donors (Lipinski definition) is 4. The van der Waals surface area contributed by atoms with Gasteiger partial charge in [0.2, 0.25) is 0 Å². The molecule has 0 aromatic rings. The van der Waals surface area contributed by atoms with E-state index in [2.05, 4.69) is 5.32 Å². The van der Waals surface area contributed by atoms with Gasteiger partial charge in [-0.15, -0.1) is 0 Å². The van der Waals surface area contributed by atoms with Crippen LogP contribution in [0.15, 0.2) is 0 Å². The Hall–Kier alpha value is -0.160. The summed E-state index contributed by atoms with van der Waals surface area (Å²) in [5.41, 5.74) is 0. The average molecular weight is 133 g/mol. The summed E-state index contributed by atoms with van der Waals surface area (Å²) >= 11 is 0. The Morgan fingerprint density at radius 1 is 1.44 bits per heavy atom. The molecule has 3 atom stereocenters. The SMILES string of the molecule is OCC1NC[C@H](O)[C@@H]1O. The van der Waals surface area contributed by atoms with E-state index in [1.807, 2.05) is 0 Å². The molecule has 1 saturated heterocycles. The summed E-state index contributed by atoms with van der Waals surface area (Å²) in [6, 6.07) is -0.347. The number of aliphatic hydroxyl groups is 3. The molecular weight excluding hydrogens is 122 g/mol. The van der Waals surface area contributed by atoms with Gasteiger partial charge in [-0.05, 0) is 0 Å². The van der Waals surface area contributed by atoms with Crippen molar-refractivity contribution in [1.29, 1.82) is 0 Å². The highest BCUT2D eigenvalue weighted by Crippen LogP contribution is 2.05. The third-order valence-electron chi connectivity index (χ3n) is 1.59. The Morgan fingerprint density at radius 2 is 2.11 bits per heavy atom. The molecule has 1 rings (SSSR count). The third-order valence-corrected chi connectivity index (χ3v) is 1.59. The van der Waals surface area contributed by atoms with Gasteiger partial charge in [0.15, 0.2) is 0 Å². The van der Waals surface area contributed by atoms with Gasteiger partial charge in [0.05, 0.1) is 24.9 Å². The van der Waals surface area contributed by atoms with E-state index in [0.29, 0.717) is 6.54 Å². The number of hydrogen-bond acceptors (Lipinski definition) is 4. The molecular formula is C5H11NO3. The predicted molar refractivity (Wildman–Crippen MR) is 30.9 cm³/mol. The van der Waals surface area contributed by atoms with Gasteiger partial charge in [0.1, 0.15) is 0 Å². The smallest absolute Gasteiger partial charge is 0.0986 e.